The van der Waals surface area contributed by atoms with Gasteiger partial charge in [-0.1, -0.05) is 19.9 Å². The summed E-state index contributed by atoms with van der Waals surface area (Å²) in [5.41, 5.74) is 4.20. The van der Waals surface area contributed by atoms with Crippen molar-refractivity contribution in [2.24, 2.45) is 5.92 Å². The zero-order valence-electron chi connectivity index (χ0n) is 15.6. The molecule has 0 atom stereocenters. The molecule has 2 aliphatic heterocycles. The number of rotatable bonds is 3. The molecule has 3 heteroatoms. The van der Waals surface area contributed by atoms with Crippen LogP contribution in [0.15, 0.2) is 18.2 Å². The standard InChI is InChI=1S/C18H29N3.C2H6/c1-15-3-4-18(13-16(15)2)21-11-9-20(10-12-21)14-17-5-7-19-8-6-17;1-2/h3-4,13,17,19H,5-12,14H2,1-2H3;1-2H3. The van der Waals surface area contributed by atoms with Gasteiger partial charge >= 0.3 is 0 Å². The molecular weight excluding hydrogens is 282 g/mol. The summed E-state index contributed by atoms with van der Waals surface area (Å²) < 4.78 is 0. The molecule has 2 aliphatic rings. The summed E-state index contributed by atoms with van der Waals surface area (Å²) in [5.74, 6) is 0.916. The predicted octanol–water partition coefficient (Wildman–Crippen LogP) is 3.45. The van der Waals surface area contributed by atoms with Crippen molar-refractivity contribution >= 4 is 5.69 Å². The highest BCUT2D eigenvalue weighted by molar-refractivity contribution is 5.51. The van der Waals surface area contributed by atoms with E-state index < -0.39 is 0 Å². The van der Waals surface area contributed by atoms with E-state index in [-0.39, 0.29) is 0 Å². The third-order valence-electron chi connectivity index (χ3n) is 5.20. The highest BCUT2D eigenvalue weighted by Gasteiger charge is 2.21. The molecule has 0 amide bonds. The Bertz CT molecular complexity index is 458. The topological polar surface area (TPSA) is 18.5 Å². The zero-order chi connectivity index (χ0) is 16.7. The Kier molecular flexibility index (Phi) is 7.38. The van der Waals surface area contributed by atoms with Gasteiger partial charge in [-0.3, -0.25) is 4.90 Å². The average Bonchev–Trinajstić information content (AvgIpc) is 2.61. The van der Waals surface area contributed by atoms with Crippen LogP contribution in [-0.4, -0.2) is 50.7 Å². The first kappa shape index (κ1) is 18.3. The van der Waals surface area contributed by atoms with E-state index in [4.69, 9.17) is 0 Å². The van der Waals surface area contributed by atoms with Crippen molar-refractivity contribution in [3.05, 3.63) is 29.3 Å². The first-order chi connectivity index (χ1) is 11.2. The molecule has 3 nitrogen and oxygen atoms in total. The summed E-state index contributed by atoms with van der Waals surface area (Å²) in [6.45, 7) is 16.9. The van der Waals surface area contributed by atoms with Gasteiger partial charge in [0.15, 0.2) is 0 Å². The molecule has 0 unspecified atom stereocenters. The lowest BCUT2D eigenvalue weighted by molar-refractivity contribution is 0.196. The van der Waals surface area contributed by atoms with Crippen LogP contribution in [-0.2, 0) is 0 Å². The number of aryl methyl sites for hydroxylation is 2. The molecule has 0 aromatic heterocycles. The minimum atomic E-state index is 0.916. The van der Waals surface area contributed by atoms with E-state index in [0.29, 0.717) is 0 Å². The molecule has 3 rings (SSSR count). The number of nitrogens with one attached hydrogen (secondary N) is 1. The van der Waals surface area contributed by atoms with Gasteiger partial charge in [0.05, 0.1) is 0 Å². The van der Waals surface area contributed by atoms with Gasteiger partial charge in [-0.2, -0.15) is 0 Å². The minimum absolute atomic E-state index is 0.916. The van der Waals surface area contributed by atoms with Crippen LogP contribution in [0.5, 0.6) is 0 Å². The average molecular weight is 318 g/mol. The van der Waals surface area contributed by atoms with Crippen LogP contribution in [0.4, 0.5) is 5.69 Å². The molecule has 1 aromatic rings. The number of piperazine rings is 1. The first-order valence-electron chi connectivity index (χ1n) is 9.47. The SMILES string of the molecule is CC.Cc1ccc(N2CCN(CC3CCNCC3)CC2)cc1C. The van der Waals surface area contributed by atoms with E-state index in [1.54, 1.807) is 0 Å². The van der Waals surface area contributed by atoms with Crippen molar-refractivity contribution < 1.29 is 0 Å². The van der Waals surface area contributed by atoms with Crippen molar-refractivity contribution in [1.29, 1.82) is 0 Å². The molecular formula is C20H35N3. The quantitative estimate of drug-likeness (QED) is 0.921. The second-order valence-corrected chi connectivity index (χ2v) is 6.75. The molecule has 1 N–H and O–H groups in total. The molecule has 0 saturated carbocycles. The lowest BCUT2D eigenvalue weighted by atomic mass is 9.97. The van der Waals surface area contributed by atoms with Crippen LogP contribution < -0.4 is 10.2 Å². The van der Waals surface area contributed by atoms with Crippen LogP contribution in [0.1, 0.15) is 37.8 Å². The molecule has 0 aliphatic carbocycles. The summed E-state index contributed by atoms with van der Waals surface area (Å²) >= 11 is 0. The van der Waals surface area contributed by atoms with Gasteiger partial charge in [-0.25, -0.2) is 0 Å². The molecule has 1 aromatic carbocycles. The fourth-order valence-electron chi connectivity index (χ4n) is 3.54. The molecule has 130 valence electrons. The summed E-state index contributed by atoms with van der Waals surface area (Å²) in [5, 5.41) is 3.46. The van der Waals surface area contributed by atoms with E-state index in [1.165, 1.54) is 75.5 Å². The van der Waals surface area contributed by atoms with Gasteiger partial charge in [0, 0.05) is 38.4 Å². The Morgan fingerprint density at radius 3 is 2.22 bits per heavy atom. The maximum atomic E-state index is 3.46. The predicted molar refractivity (Wildman–Crippen MR) is 102 cm³/mol. The van der Waals surface area contributed by atoms with Crippen LogP contribution in [0.2, 0.25) is 0 Å². The molecule has 2 heterocycles. The van der Waals surface area contributed by atoms with E-state index >= 15 is 0 Å². The number of nitrogens with zero attached hydrogens (tertiary/aromatic N) is 2. The van der Waals surface area contributed by atoms with Crippen LogP contribution in [0.3, 0.4) is 0 Å². The Labute approximate surface area is 143 Å². The largest absolute Gasteiger partial charge is 0.369 e. The maximum absolute atomic E-state index is 3.46. The van der Waals surface area contributed by atoms with E-state index in [9.17, 15) is 0 Å². The smallest absolute Gasteiger partial charge is 0.0369 e. The molecule has 2 fully saturated rings. The molecule has 23 heavy (non-hydrogen) atoms. The van der Waals surface area contributed by atoms with Gasteiger partial charge in [0.25, 0.3) is 0 Å². The first-order valence-corrected chi connectivity index (χ1v) is 9.47. The number of benzene rings is 1. The highest BCUT2D eigenvalue weighted by Crippen LogP contribution is 2.21. The van der Waals surface area contributed by atoms with Crippen molar-refractivity contribution in [2.75, 3.05) is 50.7 Å². The van der Waals surface area contributed by atoms with Crippen LogP contribution >= 0.6 is 0 Å². The van der Waals surface area contributed by atoms with Crippen molar-refractivity contribution in [3.63, 3.8) is 0 Å². The number of anilines is 1. The van der Waals surface area contributed by atoms with E-state index in [1.807, 2.05) is 13.8 Å². The minimum Gasteiger partial charge on any atom is -0.369 e. The second-order valence-electron chi connectivity index (χ2n) is 6.75. The summed E-state index contributed by atoms with van der Waals surface area (Å²) in [6, 6.07) is 6.88. The highest BCUT2D eigenvalue weighted by atomic mass is 15.3. The third-order valence-corrected chi connectivity index (χ3v) is 5.20. The van der Waals surface area contributed by atoms with Gasteiger partial charge in [-0.05, 0) is 69.0 Å². The molecule has 0 radical (unpaired) electrons. The Morgan fingerprint density at radius 2 is 1.61 bits per heavy atom. The van der Waals surface area contributed by atoms with Crippen molar-refractivity contribution in [3.8, 4) is 0 Å². The summed E-state index contributed by atoms with van der Waals surface area (Å²) in [4.78, 5) is 5.22. The van der Waals surface area contributed by atoms with Gasteiger partial charge < -0.3 is 10.2 Å². The summed E-state index contributed by atoms with van der Waals surface area (Å²) in [6.07, 6.45) is 2.72. The number of piperidine rings is 1. The fourth-order valence-corrected chi connectivity index (χ4v) is 3.54. The second kappa shape index (κ2) is 9.29. The van der Waals surface area contributed by atoms with Crippen molar-refractivity contribution in [1.82, 2.24) is 10.2 Å². The monoisotopic (exact) mass is 317 g/mol. The number of hydrogen-bond donors (Lipinski definition) is 1. The van der Waals surface area contributed by atoms with E-state index in [0.717, 1.165) is 5.92 Å². The van der Waals surface area contributed by atoms with Gasteiger partial charge in [-0.15, -0.1) is 0 Å². The Balaban J connectivity index is 0.000000924. The fraction of sp³-hybridized carbons (Fsp3) is 0.700. The lowest BCUT2D eigenvalue weighted by Crippen LogP contribution is -2.48. The third kappa shape index (κ3) is 5.22. The van der Waals surface area contributed by atoms with Crippen molar-refractivity contribution in [2.45, 2.75) is 40.5 Å². The van der Waals surface area contributed by atoms with Crippen LogP contribution in [0, 0.1) is 19.8 Å². The van der Waals surface area contributed by atoms with Gasteiger partial charge in [0.2, 0.25) is 0 Å². The zero-order valence-corrected chi connectivity index (χ0v) is 15.6. The van der Waals surface area contributed by atoms with E-state index in [2.05, 4.69) is 47.2 Å². The summed E-state index contributed by atoms with van der Waals surface area (Å²) in [7, 11) is 0. The van der Waals surface area contributed by atoms with Crippen LogP contribution in [0.25, 0.3) is 0 Å². The Hall–Kier alpha value is -1.06. The Morgan fingerprint density at radius 1 is 0.957 bits per heavy atom. The molecule has 0 spiro atoms. The molecule has 2 saturated heterocycles. The lowest BCUT2D eigenvalue weighted by Gasteiger charge is -2.38. The normalized spacial score (nSPS) is 20.1. The molecule has 0 bridgehead atoms. The maximum Gasteiger partial charge on any atom is 0.0369 e. The number of hydrogen-bond acceptors (Lipinski definition) is 3. The van der Waals surface area contributed by atoms with Gasteiger partial charge in [0.1, 0.15) is 0 Å².